The molecule has 1 unspecified atom stereocenters. The summed E-state index contributed by atoms with van der Waals surface area (Å²) in [7, 11) is -2.08. The Morgan fingerprint density at radius 3 is 2.69 bits per heavy atom. The Labute approximate surface area is 173 Å². The lowest BCUT2D eigenvalue weighted by molar-refractivity contribution is -0.123. The Hall–Kier alpha value is -2.85. The SMILES string of the molecule is CC(Cn1ccnc1)NC(=O)COc1ccc(N(C)S(=O)(=O)c2cccs2)cc1. The fourth-order valence-corrected chi connectivity index (χ4v) is 5.01. The summed E-state index contributed by atoms with van der Waals surface area (Å²) in [5.74, 6) is 0.243. The molecule has 2 heterocycles. The normalized spacial score (nSPS) is 12.3. The molecular weight excluding hydrogens is 412 g/mol. The van der Waals surface area contributed by atoms with Crippen molar-refractivity contribution in [1.29, 1.82) is 0 Å². The Bertz CT molecular complexity index is 1020. The second-order valence-electron chi connectivity index (χ2n) is 6.42. The van der Waals surface area contributed by atoms with E-state index < -0.39 is 10.0 Å². The van der Waals surface area contributed by atoms with Gasteiger partial charge in [-0.05, 0) is 42.6 Å². The average molecular weight is 435 g/mol. The van der Waals surface area contributed by atoms with Crippen molar-refractivity contribution < 1.29 is 17.9 Å². The maximum absolute atomic E-state index is 12.6. The number of rotatable bonds is 9. The second kappa shape index (κ2) is 9.10. The van der Waals surface area contributed by atoms with E-state index in [1.165, 1.54) is 22.7 Å². The monoisotopic (exact) mass is 434 g/mol. The van der Waals surface area contributed by atoms with Crippen molar-refractivity contribution in [1.82, 2.24) is 14.9 Å². The summed E-state index contributed by atoms with van der Waals surface area (Å²) in [6, 6.07) is 9.75. The molecule has 8 nitrogen and oxygen atoms in total. The summed E-state index contributed by atoms with van der Waals surface area (Å²) >= 11 is 1.17. The number of sulfonamides is 1. The number of benzene rings is 1. The molecule has 0 aliphatic carbocycles. The van der Waals surface area contributed by atoms with Crippen molar-refractivity contribution in [3.8, 4) is 5.75 Å². The van der Waals surface area contributed by atoms with Gasteiger partial charge in [0.25, 0.3) is 15.9 Å². The van der Waals surface area contributed by atoms with Gasteiger partial charge in [0.15, 0.2) is 6.61 Å². The highest BCUT2D eigenvalue weighted by Gasteiger charge is 2.22. The number of nitrogens with zero attached hydrogens (tertiary/aromatic N) is 3. The van der Waals surface area contributed by atoms with Crippen molar-refractivity contribution >= 4 is 33.0 Å². The largest absolute Gasteiger partial charge is 0.484 e. The van der Waals surface area contributed by atoms with Crippen LogP contribution in [0.15, 0.2) is 64.7 Å². The predicted molar refractivity (Wildman–Crippen MR) is 112 cm³/mol. The zero-order valence-electron chi connectivity index (χ0n) is 16.1. The van der Waals surface area contributed by atoms with Crippen LogP contribution < -0.4 is 14.4 Å². The molecule has 0 fully saturated rings. The standard InChI is InChI=1S/C19H22N4O4S2/c1-15(12-23-10-9-20-14-23)21-18(24)13-27-17-7-5-16(6-8-17)22(2)29(25,26)19-4-3-11-28-19/h3-11,14-15H,12-13H2,1-2H3,(H,21,24). The summed E-state index contributed by atoms with van der Waals surface area (Å²) in [5.41, 5.74) is 0.504. The second-order valence-corrected chi connectivity index (χ2v) is 9.56. The number of ether oxygens (including phenoxy) is 1. The van der Waals surface area contributed by atoms with E-state index in [1.54, 1.807) is 54.3 Å². The van der Waals surface area contributed by atoms with Gasteiger partial charge in [-0.15, -0.1) is 11.3 Å². The van der Waals surface area contributed by atoms with Crippen molar-refractivity contribution in [3.05, 3.63) is 60.5 Å². The van der Waals surface area contributed by atoms with Crippen molar-refractivity contribution in [2.45, 2.75) is 23.7 Å². The van der Waals surface area contributed by atoms with E-state index in [1.807, 2.05) is 17.7 Å². The molecule has 1 amide bonds. The van der Waals surface area contributed by atoms with Crippen LogP contribution in [-0.2, 0) is 21.4 Å². The van der Waals surface area contributed by atoms with Crippen LogP contribution in [0, 0.1) is 0 Å². The van der Waals surface area contributed by atoms with Crippen molar-refractivity contribution in [2.75, 3.05) is 18.0 Å². The first-order valence-electron chi connectivity index (χ1n) is 8.86. The maximum atomic E-state index is 12.6. The smallest absolute Gasteiger partial charge is 0.273 e. The van der Waals surface area contributed by atoms with Gasteiger partial charge in [0.1, 0.15) is 9.96 Å². The van der Waals surface area contributed by atoms with Crippen LogP contribution in [0.1, 0.15) is 6.92 Å². The maximum Gasteiger partial charge on any atom is 0.273 e. The van der Waals surface area contributed by atoms with Gasteiger partial charge in [-0.3, -0.25) is 9.10 Å². The van der Waals surface area contributed by atoms with E-state index in [-0.39, 0.29) is 22.8 Å². The molecule has 1 atom stereocenters. The molecule has 0 aliphatic heterocycles. The Morgan fingerprint density at radius 2 is 2.07 bits per heavy atom. The molecule has 10 heteroatoms. The number of thiophene rings is 1. The third-order valence-electron chi connectivity index (χ3n) is 4.13. The number of nitrogens with one attached hydrogen (secondary N) is 1. The predicted octanol–water partition coefficient (Wildman–Crippen LogP) is 2.35. The van der Waals surface area contributed by atoms with E-state index in [4.69, 9.17) is 4.74 Å². The number of aromatic nitrogens is 2. The lowest BCUT2D eigenvalue weighted by Crippen LogP contribution is -2.38. The van der Waals surface area contributed by atoms with Crippen LogP contribution in [0.2, 0.25) is 0 Å². The number of hydrogen-bond acceptors (Lipinski definition) is 6. The molecule has 0 aliphatic rings. The van der Waals surface area contributed by atoms with Crippen LogP contribution in [-0.4, -0.2) is 43.6 Å². The van der Waals surface area contributed by atoms with E-state index in [9.17, 15) is 13.2 Å². The molecule has 1 aromatic carbocycles. The summed E-state index contributed by atoms with van der Waals surface area (Å²) in [4.78, 5) is 16.0. The quantitative estimate of drug-likeness (QED) is 0.558. The first kappa shape index (κ1) is 20.9. The molecule has 154 valence electrons. The van der Waals surface area contributed by atoms with E-state index in [2.05, 4.69) is 10.3 Å². The Balaban J connectivity index is 1.52. The summed E-state index contributed by atoms with van der Waals surface area (Å²) in [6.07, 6.45) is 5.21. The minimum atomic E-state index is -3.58. The third kappa shape index (κ3) is 5.36. The van der Waals surface area contributed by atoms with Gasteiger partial charge in [0, 0.05) is 32.0 Å². The van der Waals surface area contributed by atoms with E-state index in [0.717, 1.165) is 0 Å². The van der Waals surface area contributed by atoms with E-state index in [0.29, 0.717) is 18.0 Å². The molecule has 3 rings (SSSR count). The topological polar surface area (TPSA) is 93.5 Å². The van der Waals surface area contributed by atoms with Gasteiger partial charge in [-0.2, -0.15) is 0 Å². The highest BCUT2D eigenvalue weighted by molar-refractivity contribution is 7.94. The number of hydrogen-bond donors (Lipinski definition) is 1. The Morgan fingerprint density at radius 1 is 1.31 bits per heavy atom. The fraction of sp³-hybridized carbons (Fsp3) is 0.263. The fourth-order valence-electron chi connectivity index (χ4n) is 2.66. The lowest BCUT2D eigenvalue weighted by Gasteiger charge is -2.19. The minimum absolute atomic E-state index is 0.0706. The molecule has 2 aromatic heterocycles. The van der Waals surface area contributed by atoms with Gasteiger partial charge in [-0.1, -0.05) is 6.07 Å². The number of carbonyl (C=O) groups excluding carboxylic acids is 1. The minimum Gasteiger partial charge on any atom is -0.484 e. The summed E-state index contributed by atoms with van der Waals surface area (Å²) in [5, 5.41) is 4.58. The number of amides is 1. The van der Waals surface area contributed by atoms with Crippen molar-refractivity contribution in [2.24, 2.45) is 0 Å². The first-order valence-corrected chi connectivity index (χ1v) is 11.2. The highest BCUT2D eigenvalue weighted by Crippen LogP contribution is 2.26. The number of imidazole rings is 1. The van der Waals surface area contributed by atoms with Crippen LogP contribution in [0.4, 0.5) is 5.69 Å². The summed E-state index contributed by atoms with van der Waals surface area (Å²) < 4.78 is 34.0. The lowest BCUT2D eigenvalue weighted by atomic mass is 10.3. The number of carbonyl (C=O) groups is 1. The van der Waals surface area contributed by atoms with Crippen LogP contribution >= 0.6 is 11.3 Å². The van der Waals surface area contributed by atoms with Gasteiger partial charge in [0.05, 0.1) is 12.0 Å². The molecular formula is C19H22N4O4S2. The van der Waals surface area contributed by atoms with Gasteiger partial charge in [-0.25, -0.2) is 13.4 Å². The third-order valence-corrected chi connectivity index (χ3v) is 7.29. The van der Waals surface area contributed by atoms with E-state index >= 15 is 0 Å². The van der Waals surface area contributed by atoms with Gasteiger partial charge < -0.3 is 14.6 Å². The van der Waals surface area contributed by atoms with Gasteiger partial charge >= 0.3 is 0 Å². The molecule has 1 N–H and O–H groups in total. The number of anilines is 1. The van der Waals surface area contributed by atoms with Crippen molar-refractivity contribution in [3.63, 3.8) is 0 Å². The summed E-state index contributed by atoms with van der Waals surface area (Å²) in [6.45, 7) is 2.39. The average Bonchev–Trinajstić information content (AvgIpc) is 3.40. The van der Waals surface area contributed by atoms with Gasteiger partial charge in [0.2, 0.25) is 0 Å². The molecule has 0 radical (unpaired) electrons. The molecule has 3 aromatic rings. The molecule has 0 saturated heterocycles. The van der Waals surface area contributed by atoms with Crippen LogP contribution in [0.25, 0.3) is 0 Å². The Kier molecular flexibility index (Phi) is 6.55. The molecule has 0 spiro atoms. The molecule has 29 heavy (non-hydrogen) atoms. The zero-order chi connectivity index (χ0) is 20.9. The zero-order valence-corrected chi connectivity index (χ0v) is 17.7. The van der Waals surface area contributed by atoms with Crippen LogP contribution in [0.5, 0.6) is 5.75 Å². The molecule has 0 bridgehead atoms. The highest BCUT2D eigenvalue weighted by atomic mass is 32.2. The molecule has 0 saturated carbocycles. The van der Waals surface area contributed by atoms with Crippen LogP contribution in [0.3, 0.4) is 0 Å². The first-order chi connectivity index (χ1) is 13.9.